The predicted molar refractivity (Wildman–Crippen MR) is 149 cm³/mol. The molecule has 2 aromatic heterocycles. The highest BCUT2D eigenvalue weighted by molar-refractivity contribution is 14.1. The van der Waals surface area contributed by atoms with Crippen molar-refractivity contribution in [3.05, 3.63) is 94.2 Å². The van der Waals surface area contributed by atoms with E-state index in [1.807, 2.05) is 22.6 Å². The molecule has 3 heterocycles. The number of aliphatic hydroxyl groups is 1. The van der Waals surface area contributed by atoms with E-state index in [0.717, 1.165) is 0 Å². The number of rotatable bonds is 5. The van der Waals surface area contributed by atoms with Crippen LogP contribution in [0.3, 0.4) is 0 Å². The third-order valence-electron chi connectivity index (χ3n) is 7.26. The largest absolute Gasteiger partial charge is 0.380 e. The molecular weight excluding hydrogens is 606 g/mol. The summed E-state index contributed by atoms with van der Waals surface area (Å²) in [6, 6.07) is 11.1. The van der Waals surface area contributed by atoms with Crippen molar-refractivity contribution in [2.75, 3.05) is 18.5 Å². The van der Waals surface area contributed by atoms with Gasteiger partial charge in [-0.05, 0) is 78.3 Å². The summed E-state index contributed by atoms with van der Waals surface area (Å²) in [5.74, 6) is -0.455. The van der Waals surface area contributed by atoms with Gasteiger partial charge in [0.25, 0.3) is 11.1 Å². The van der Waals surface area contributed by atoms with Gasteiger partial charge in [-0.2, -0.15) is 0 Å². The summed E-state index contributed by atoms with van der Waals surface area (Å²) in [6.07, 6.45) is 1.36. The molecule has 0 unspecified atom stereocenters. The van der Waals surface area contributed by atoms with E-state index in [-0.39, 0.29) is 47.2 Å². The van der Waals surface area contributed by atoms with Gasteiger partial charge in [-0.1, -0.05) is 12.1 Å². The minimum absolute atomic E-state index is 0.0889. The minimum atomic E-state index is -1.18. The summed E-state index contributed by atoms with van der Waals surface area (Å²) in [4.78, 5) is 41.2. The van der Waals surface area contributed by atoms with Gasteiger partial charge in [0, 0.05) is 22.2 Å². The lowest BCUT2D eigenvalue weighted by Gasteiger charge is -2.37. The first-order valence-electron chi connectivity index (χ1n) is 12.1. The summed E-state index contributed by atoms with van der Waals surface area (Å²) in [5, 5.41) is 13.9. The van der Waals surface area contributed by atoms with E-state index in [2.05, 4.69) is 5.32 Å². The van der Waals surface area contributed by atoms with Crippen LogP contribution < -0.4 is 22.1 Å². The molecule has 2 fully saturated rings. The Morgan fingerprint density at radius 1 is 1.11 bits per heavy atom. The molecule has 1 saturated carbocycles. The van der Waals surface area contributed by atoms with Crippen LogP contribution >= 0.6 is 22.6 Å². The number of halogens is 2. The summed E-state index contributed by atoms with van der Waals surface area (Å²) < 4.78 is 24.6. The Morgan fingerprint density at radius 3 is 2.47 bits per heavy atom. The van der Waals surface area contributed by atoms with Gasteiger partial charge in [0.2, 0.25) is 0 Å². The fourth-order valence-corrected chi connectivity index (χ4v) is 5.42. The second-order valence-electron chi connectivity index (χ2n) is 9.91. The van der Waals surface area contributed by atoms with Crippen LogP contribution in [0, 0.1) is 16.3 Å². The third-order valence-corrected chi connectivity index (χ3v) is 7.93. The van der Waals surface area contributed by atoms with Crippen molar-refractivity contribution in [1.82, 2.24) is 13.7 Å². The summed E-state index contributed by atoms with van der Waals surface area (Å²) >= 11 is 2.00. The van der Waals surface area contributed by atoms with Crippen LogP contribution in [0.1, 0.15) is 30.0 Å². The fraction of sp³-hybridized carbons (Fsp3) is 0.296. The average Bonchev–Trinajstić information content (AvgIpc) is 3.70. The molecule has 0 bridgehead atoms. The third kappa shape index (κ3) is 3.83. The summed E-state index contributed by atoms with van der Waals surface area (Å²) in [6.45, 7) is 1.82. The number of benzene rings is 2. The van der Waals surface area contributed by atoms with Crippen molar-refractivity contribution in [3.8, 4) is 5.69 Å². The normalized spacial score (nSPS) is 16.4. The molecule has 4 aromatic rings. The van der Waals surface area contributed by atoms with Crippen molar-refractivity contribution in [3.63, 3.8) is 0 Å². The first kappa shape index (κ1) is 25.0. The molecule has 0 radical (unpaired) electrons. The molecule has 9 nitrogen and oxygen atoms in total. The Balaban J connectivity index is 1.71. The molecule has 2 aliphatic rings. The van der Waals surface area contributed by atoms with Crippen LogP contribution in [0.5, 0.6) is 0 Å². The van der Waals surface area contributed by atoms with Crippen molar-refractivity contribution >= 4 is 45.0 Å². The molecule has 1 saturated heterocycles. The molecule has 11 heteroatoms. The maximum absolute atomic E-state index is 14.8. The van der Waals surface area contributed by atoms with Gasteiger partial charge >= 0.3 is 5.69 Å². The highest BCUT2D eigenvalue weighted by atomic mass is 127. The standard InChI is InChI=1S/C27H24FIN4O5/c1-14-22-21(23(31(2)24(14)34)30-20-9-6-16(29)11-19(20)28)25(35)33(17-7-8-17)26(36)32(22)18-5-3-4-15(10-18)27(37)12-38-13-27/h3-6,9-11,17,30,37H,7-8,12-13H2,1-2H3. The molecule has 2 N–H and O–H groups in total. The summed E-state index contributed by atoms with van der Waals surface area (Å²) in [5.41, 5.74) is -1.34. The quantitative estimate of drug-likeness (QED) is 0.328. The van der Waals surface area contributed by atoms with E-state index in [4.69, 9.17) is 4.74 Å². The van der Waals surface area contributed by atoms with Crippen LogP contribution in [-0.4, -0.2) is 32.0 Å². The van der Waals surface area contributed by atoms with E-state index in [0.29, 0.717) is 27.7 Å². The lowest BCUT2D eigenvalue weighted by Crippen LogP contribution is -2.46. The Kier molecular flexibility index (Phi) is 5.85. The minimum Gasteiger partial charge on any atom is -0.380 e. The number of anilines is 2. The van der Waals surface area contributed by atoms with Crippen molar-refractivity contribution < 1.29 is 14.2 Å². The van der Waals surface area contributed by atoms with E-state index in [1.54, 1.807) is 37.3 Å². The molecule has 6 rings (SSSR count). The second-order valence-corrected chi connectivity index (χ2v) is 11.2. The number of ether oxygens (including phenoxy) is 1. The monoisotopic (exact) mass is 630 g/mol. The maximum Gasteiger partial charge on any atom is 0.336 e. The van der Waals surface area contributed by atoms with Crippen LogP contribution in [0.2, 0.25) is 0 Å². The van der Waals surface area contributed by atoms with Gasteiger partial charge in [0.05, 0.1) is 30.1 Å². The molecule has 196 valence electrons. The number of aromatic nitrogens is 3. The van der Waals surface area contributed by atoms with E-state index in [1.165, 1.54) is 32.9 Å². The SMILES string of the molecule is Cc1c(=O)n(C)c(Nc2ccc(I)cc2F)c2c(=O)n(C3CC3)c(=O)n(-c3cccc(C4(O)COC4)c3)c12. The first-order chi connectivity index (χ1) is 18.1. The number of nitrogens with zero attached hydrogens (tertiary/aromatic N) is 3. The molecule has 38 heavy (non-hydrogen) atoms. The Bertz CT molecular complexity index is 1820. The van der Waals surface area contributed by atoms with Crippen LogP contribution in [0.15, 0.2) is 56.8 Å². The Hall–Kier alpha value is -3.29. The molecule has 1 aliphatic carbocycles. The highest BCUT2D eigenvalue weighted by Crippen LogP contribution is 2.35. The smallest absolute Gasteiger partial charge is 0.336 e. The lowest BCUT2D eigenvalue weighted by molar-refractivity contribution is -0.184. The maximum atomic E-state index is 14.8. The van der Waals surface area contributed by atoms with Crippen LogP contribution in [-0.2, 0) is 17.4 Å². The van der Waals surface area contributed by atoms with Gasteiger partial charge in [0.1, 0.15) is 22.6 Å². The van der Waals surface area contributed by atoms with Gasteiger partial charge in [0.15, 0.2) is 0 Å². The van der Waals surface area contributed by atoms with Crippen LogP contribution in [0.25, 0.3) is 16.6 Å². The van der Waals surface area contributed by atoms with Crippen molar-refractivity contribution in [1.29, 1.82) is 0 Å². The van der Waals surface area contributed by atoms with Crippen molar-refractivity contribution in [2.45, 2.75) is 31.4 Å². The Morgan fingerprint density at radius 2 is 1.84 bits per heavy atom. The van der Waals surface area contributed by atoms with E-state index in [9.17, 15) is 23.9 Å². The molecule has 0 atom stereocenters. The van der Waals surface area contributed by atoms with Crippen LogP contribution in [0.4, 0.5) is 15.9 Å². The topological polar surface area (TPSA) is 107 Å². The zero-order chi connectivity index (χ0) is 26.9. The fourth-order valence-electron chi connectivity index (χ4n) is 4.97. The number of hydrogen-bond acceptors (Lipinski definition) is 6. The average molecular weight is 630 g/mol. The van der Waals surface area contributed by atoms with Gasteiger partial charge < -0.3 is 15.2 Å². The molecule has 0 amide bonds. The number of hydrogen-bond donors (Lipinski definition) is 2. The summed E-state index contributed by atoms with van der Waals surface area (Å²) in [7, 11) is 1.50. The van der Waals surface area contributed by atoms with E-state index >= 15 is 0 Å². The number of aryl methyl sites for hydroxylation is 1. The molecule has 2 aromatic carbocycles. The first-order valence-corrected chi connectivity index (χ1v) is 13.2. The Labute approximate surface area is 229 Å². The number of fused-ring (bicyclic) bond motifs is 1. The molecule has 1 aliphatic heterocycles. The predicted octanol–water partition coefficient (Wildman–Crippen LogP) is 3.20. The molecule has 0 spiro atoms. The zero-order valence-electron chi connectivity index (χ0n) is 20.6. The highest BCUT2D eigenvalue weighted by Gasteiger charge is 2.38. The number of pyridine rings is 1. The second kappa shape index (κ2) is 8.89. The number of nitrogens with one attached hydrogen (secondary N) is 1. The lowest BCUT2D eigenvalue weighted by atomic mass is 9.92. The van der Waals surface area contributed by atoms with Gasteiger partial charge in [-0.25, -0.2) is 9.18 Å². The van der Waals surface area contributed by atoms with Gasteiger partial charge in [-0.3, -0.25) is 23.3 Å². The van der Waals surface area contributed by atoms with E-state index < -0.39 is 28.2 Å². The zero-order valence-corrected chi connectivity index (χ0v) is 22.8. The van der Waals surface area contributed by atoms with Gasteiger partial charge in [-0.15, -0.1) is 0 Å². The molecular formula is C27H24FIN4O5. The van der Waals surface area contributed by atoms with Crippen molar-refractivity contribution in [2.24, 2.45) is 7.05 Å².